The number of rotatable bonds is 7. The molecule has 0 radical (unpaired) electrons. The number of benzene rings is 2. The Morgan fingerprint density at radius 3 is 2.74 bits per heavy atom. The molecule has 0 saturated carbocycles. The van der Waals surface area contributed by atoms with E-state index >= 15 is 0 Å². The highest BCUT2D eigenvalue weighted by atomic mass is 35.5. The van der Waals surface area contributed by atoms with Gasteiger partial charge in [-0.1, -0.05) is 66.1 Å². The molecule has 1 amide bonds. The van der Waals surface area contributed by atoms with E-state index in [1.165, 1.54) is 0 Å². The van der Waals surface area contributed by atoms with E-state index in [2.05, 4.69) is 10.5 Å². The molecule has 0 aliphatic carbocycles. The molecule has 120 valence electrons. The molecule has 2 aromatic rings. The van der Waals surface area contributed by atoms with Gasteiger partial charge < -0.3 is 10.2 Å². The zero-order chi connectivity index (χ0) is 16.5. The number of amides is 1. The van der Waals surface area contributed by atoms with Crippen LogP contribution in [0.3, 0.4) is 0 Å². The zero-order valence-corrected chi connectivity index (χ0v) is 13.7. The number of carbonyl (C=O) groups is 1. The Balaban J connectivity index is 1.85. The first-order valence-electron chi connectivity index (χ1n) is 7.45. The maximum absolute atomic E-state index is 12.1. The highest BCUT2D eigenvalue weighted by molar-refractivity contribution is 6.30. The summed E-state index contributed by atoms with van der Waals surface area (Å²) >= 11 is 5.90. The fraction of sp³-hybridized carbons (Fsp3) is 0.222. The second-order valence-corrected chi connectivity index (χ2v) is 5.43. The lowest BCUT2D eigenvalue weighted by molar-refractivity contribution is -0.133. The Labute approximate surface area is 141 Å². The molecule has 0 bridgehead atoms. The first kappa shape index (κ1) is 17.0. The summed E-state index contributed by atoms with van der Waals surface area (Å²) in [7, 11) is 0. The Morgan fingerprint density at radius 2 is 2.04 bits per heavy atom. The van der Waals surface area contributed by atoms with Crippen LogP contribution >= 0.6 is 11.6 Å². The van der Waals surface area contributed by atoms with E-state index in [1.54, 1.807) is 18.3 Å². The molecule has 0 heterocycles. The van der Waals surface area contributed by atoms with Crippen LogP contribution in [0.15, 0.2) is 59.8 Å². The van der Waals surface area contributed by atoms with Gasteiger partial charge >= 0.3 is 0 Å². The van der Waals surface area contributed by atoms with Crippen molar-refractivity contribution in [2.45, 2.75) is 26.0 Å². The summed E-state index contributed by atoms with van der Waals surface area (Å²) in [6.07, 6.45) is 1.46. The molecule has 1 N–H and O–H groups in total. The lowest BCUT2D eigenvalue weighted by Crippen LogP contribution is -2.34. The lowest BCUT2D eigenvalue weighted by Gasteiger charge is -2.13. The zero-order valence-electron chi connectivity index (χ0n) is 12.9. The summed E-state index contributed by atoms with van der Waals surface area (Å²) in [6.45, 7) is 2.35. The maximum atomic E-state index is 12.1. The van der Waals surface area contributed by atoms with Crippen molar-refractivity contribution in [3.63, 3.8) is 0 Å². The van der Waals surface area contributed by atoms with Crippen molar-refractivity contribution in [2.24, 2.45) is 5.16 Å². The van der Waals surface area contributed by atoms with Crippen LogP contribution in [0.25, 0.3) is 0 Å². The van der Waals surface area contributed by atoms with Gasteiger partial charge in [-0.15, -0.1) is 0 Å². The van der Waals surface area contributed by atoms with E-state index in [-0.39, 0.29) is 5.91 Å². The van der Waals surface area contributed by atoms with Gasteiger partial charge in [-0.3, -0.25) is 4.79 Å². The molecule has 0 saturated heterocycles. The minimum atomic E-state index is -0.617. The van der Waals surface area contributed by atoms with Crippen LogP contribution < -0.4 is 5.32 Å². The predicted molar refractivity (Wildman–Crippen MR) is 92.5 cm³/mol. The van der Waals surface area contributed by atoms with Crippen molar-refractivity contribution in [3.8, 4) is 0 Å². The minimum absolute atomic E-state index is 0.181. The highest BCUT2D eigenvalue weighted by Crippen LogP contribution is 2.09. The van der Waals surface area contributed by atoms with Crippen LogP contribution in [0.1, 0.15) is 24.5 Å². The fourth-order valence-corrected chi connectivity index (χ4v) is 2.16. The average molecular weight is 331 g/mol. The summed E-state index contributed by atoms with van der Waals surface area (Å²) in [5, 5.41) is 7.36. The van der Waals surface area contributed by atoms with Gasteiger partial charge in [0.2, 0.25) is 6.10 Å². The number of carbonyl (C=O) groups excluding carboxylic acids is 1. The van der Waals surface area contributed by atoms with Gasteiger partial charge in [-0.05, 0) is 29.7 Å². The molecule has 4 nitrogen and oxygen atoms in total. The van der Waals surface area contributed by atoms with Gasteiger partial charge in [0, 0.05) is 11.6 Å². The van der Waals surface area contributed by atoms with Crippen molar-refractivity contribution in [1.82, 2.24) is 5.32 Å². The molecule has 2 rings (SSSR count). The molecule has 2 aromatic carbocycles. The molecule has 0 fully saturated rings. The third-order valence-electron chi connectivity index (χ3n) is 3.21. The van der Waals surface area contributed by atoms with E-state index < -0.39 is 6.10 Å². The Bertz CT molecular complexity index is 659. The van der Waals surface area contributed by atoms with Crippen molar-refractivity contribution in [2.75, 3.05) is 0 Å². The van der Waals surface area contributed by atoms with Crippen molar-refractivity contribution >= 4 is 23.7 Å². The number of hydrogen-bond acceptors (Lipinski definition) is 3. The number of hydrogen-bond donors (Lipinski definition) is 1. The van der Waals surface area contributed by atoms with Crippen molar-refractivity contribution in [1.29, 1.82) is 0 Å². The SMILES string of the molecule is CCC(O/N=C/c1cccc(Cl)c1)C(=O)NCc1ccccc1. The van der Waals surface area contributed by atoms with E-state index in [0.29, 0.717) is 18.0 Å². The molecule has 0 aliphatic rings. The van der Waals surface area contributed by atoms with Gasteiger partial charge in [-0.2, -0.15) is 0 Å². The minimum Gasteiger partial charge on any atom is -0.382 e. The summed E-state index contributed by atoms with van der Waals surface area (Å²) in [5.74, 6) is -0.181. The third kappa shape index (κ3) is 5.75. The fourth-order valence-electron chi connectivity index (χ4n) is 1.96. The van der Waals surface area contributed by atoms with Crippen LogP contribution in [0, 0.1) is 0 Å². The largest absolute Gasteiger partial charge is 0.382 e. The van der Waals surface area contributed by atoms with Gasteiger partial charge in [0.25, 0.3) is 5.91 Å². The summed E-state index contributed by atoms with van der Waals surface area (Å²) in [4.78, 5) is 17.4. The lowest BCUT2D eigenvalue weighted by atomic mass is 10.2. The topological polar surface area (TPSA) is 50.7 Å². The van der Waals surface area contributed by atoms with Gasteiger partial charge in [-0.25, -0.2) is 0 Å². The second kappa shape index (κ2) is 8.96. The van der Waals surface area contributed by atoms with Crippen LogP contribution in [0.5, 0.6) is 0 Å². The van der Waals surface area contributed by atoms with Crippen molar-refractivity contribution in [3.05, 3.63) is 70.7 Å². The predicted octanol–water partition coefficient (Wildman–Crippen LogP) is 3.79. The van der Waals surface area contributed by atoms with Crippen LogP contribution in [-0.2, 0) is 16.2 Å². The standard InChI is InChI=1S/C18H19ClN2O2/c1-2-17(18(22)20-12-14-7-4-3-5-8-14)23-21-13-15-9-6-10-16(19)11-15/h3-11,13,17H,2,12H2,1H3,(H,20,22)/b21-13+. The Kier molecular flexibility index (Phi) is 6.63. The number of nitrogens with zero attached hydrogens (tertiary/aromatic N) is 1. The third-order valence-corrected chi connectivity index (χ3v) is 3.45. The van der Waals surface area contributed by atoms with Crippen LogP contribution in [-0.4, -0.2) is 18.2 Å². The summed E-state index contributed by atoms with van der Waals surface area (Å²) in [5.41, 5.74) is 1.86. The van der Waals surface area contributed by atoms with E-state index in [1.807, 2.05) is 49.4 Å². The summed E-state index contributed by atoms with van der Waals surface area (Å²) in [6, 6.07) is 17.0. The highest BCUT2D eigenvalue weighted by Gasteiger charge is 2.17. The quantitative estimate of drug-likeness (QED) is 0.620. The smallest absolute Gasteiger partial charge is 0.264 e. The number of nitrogens with one attached hydrogen (secondary N) is 1. The van der Waals surface area contributed by atoms with Crippen LogP contribution in [0.4, 0.5) is 0 Å². The normalized spacial score (nSPS) is 12.1. The summed E-state index contributed by atoms with van der Waals surface area (Å²) < 4.78 is 0. The van der Waals surface area contributed by atoms with E-state index in [9.17, 15) is 4.79 Å². The molecule has 0 aliphatic heterocycles. The number of oxime groups is 1. The Hall–Kier alpha value is -2.33. The molecule has 5 heteroatoms. The molecule has 0 aromatic heterocycles. The first-order chi connectivity index (χ1) is 11.2. The molecular formula is C18H19ClN2O2. The van der Waals surface area contributed by atoms with E-state index in [0.717, 1.165) is 11.1 Å². The molecule has 1 unspecified atom stereocenters. The monoisotopic (exact) mass is 330 g/mol. The molecular weight excluding hydrogens is 312 g/mol. The van der Waals surface area contributed by atoms with E-state index in [4.69, 9.17) is 16.4 Å². The second-order valence-electron chi connectivity index (χ2n) is 5.00. The van der Waals surface area contributed by atoms with Gasteiger partial charge in [0.1, 0.15) is 0 Å². The molecule has 0 spiro atoms. The average Bonchev–Trinajstić information content (AvgIpc) is 2.57. The molecule has 23 heavy (non-hydrogen) atoms. The number of halogens is 1. The van der Waals surface area contributed by atoms with Gasteiger partial charge in [0.15, 0.2) is 0 Å². The maximum Gasteiger partial charge on any atom is 0.264 e. The molecule has 1 atom stereocenters. The van der Waals surface area contributed by atoms with Gasteiger partial charge in [0.05, 0.1) is 6.21 Å². The van der Waals surface area contributed by atoms with Crippen LogP contribution in [0.2, 0.25) is 5.02 Å². The first-order valence-corrected chi connectivity index (χ1v) is 7.83. The Morgan fingerprint density at radius 1 is 1.26 bits per heavy atom. The van der Waals surface area contributed by atoms with Crippen molar-refractivity contribution < 1.29 is 9.63 Å².